The van der Waals surface area contributed by atoms with E-state index in [1.54, 1.807) is 31.2 Å². The van der Waals surface area contributed by atoms with Crippen molar-refractivity contribution in [3.05, 3.63) is 58.9 Å². The quantitative estimate of drug-likeness (QED) is 0.588. The molecule has 2 amide bonds. The fourth-order valence-electron chi connectivity index (χ4n) is 2.97. The van der Waals surface area contributed by atoms with Gasteiger partial charge in [-0.15, -0.1) is 0 Å². The number of sulfonamides is 1. The van der Waals surface area contributed by atoms with Crippen molar-refractivity contribution in [3.63, 3.8) is 0 Å². The van der Waals surface area contributed by atoms with Crippen LogP contribution in [-0.2, 0) is 26.2 Å². The van der Waals surface area contributed by atoms with Crippen molar-refractivity contribution in [1.82, 2.24) is 10.2 Å². The zero-order chi connectivity index (χ0) is 24.1. The summed E-state index contributed by atoms with van der Waals surface area (Å²) >= 11 is 5.79. The first-order valence-corrected chi connectivity index (χ1v) is 11.8. The predicted molar refractivity (Wildman–Crippen MR) is 121 cm³/mol. The second-order valence-electron chi connectivity index (χ2n) is 7.03. The Labute approximate surface area is 192 Å². The Morgan fingerprint density at radius 2 is 1.81 bits per heavy atom. The number of ether oxygens (including phenoxy) is 1. The molecule has 0 saturated heterocycles. The molecule has 0 saturated carbocycles. The average molecular weight is 486 g/mol. The first kappa shape index (κ1) is 25.4. The molecule has 1 N–H and O–H groups in total. The standard InChI is InChI=1S/C21H25ClFN3O5S/c1-14(21(28)24-2)25(12-15-5-8-17(31-3)9-6-15)20(27)13-26(32(4,29)30)16-7-10-19(23)18(22)11-16/h5-11,14H,12-13H2,1-4H3,(H,24,28)/t14-/m0/s1. The van der Waals surface area contributed by atoms with Crippen molar-refractivity contribution in [2.24, 2.45) is 0 Å². The van der Waals surface area contributed by atoms with Crippen LogP contribution in [0.3, 0.4) is 0 Å². The first-order valence-electron chi connectivity index (χ1n) is 9.54. The van der Waals surface area contributed by atoms with E-state index < -0.39 is 40.2 Å². The number of hydrogen-bond acceptors (Lipinski definition) is 5. The van der Waals surface area contributed by atoms with Gasteiger partial charge in [-0.05, 0) is 42.8 Å². The molecular formula is C21H25ClFN3O5S. The van der Waals surface area contributed by atoms with E-state index in [2.05, 4.69) is 5.32 Å². The van der Waals surface area contributed by atoms with Crippen LogP contribution in [0.25, 0.3) is 0 Å². The average Bonchev–Trinajstić information content (AvgIpc) is 2.76. The number of rotatable bonds is 9. The summed E-state index contributed by atoms with van der Waals surface area (Å²) in [4.78, 5) is 26.8. The van der Waals surface area contributed by atoms with Gasteiger partial charge in [0.1, 0.15) is 24.2 Å². The Morgan fingerprint density at radius 1 is 1.19 bits per heavy atom. The number of likely N-dealkylation sites (N-methyl/N-ethyl adjacent to an activating group) is 1. The van der Waals surface area contributed by atoms with Gasteiger partial charge >= 0.3 is 0 Å². The third-order valence-corrected chi connectivity index (χ3v) is 6.23. The van der Waals surface area contributed by atoms with Gasteiger partial charge in [-0.25, -0.2) is 12.8 Å². The number of carbonyl (C=O) groups excluding carboxylic acids is 2. The smallest absolute Gasteiger partial charge is 0.244 e. The van der Waals surface area contributed by atoms with Crippen molar-refractivity contribution in [2.75, 3.05) is 31.3 Å². The minimum atomic E-state index is -3.92. The molecule has 174 valence electrons. The molecule has 0 aliphatic rings. The minimum Gasteiger partial charge on any atom is -0.497 e. The summed E-state index contributed by atoms with van der Waals surface area (Å²) in [6.07, 6.45) is 0.924. The largest absolute Gasteiger partial charge is 0.497 e. The van der Waals surface area contributed by atoms with Crippen LogP contribution in [0.4, 0.5) is 10.1 Å². The third-order valence-electron chi connectivity index (χ3n) is 4.80. The summed E-state index contributed by atoms with van der Waals surface area (Å²) in [5.41, 5.74) is 0.745. The molecule has 2 aromatic rings. The topological polar surface area (TPSA) is 96.0 Å². The summed E-state index contributed by atoms with van der Waals surface area (Å²) in [6.45, 7) is 0.997. The molecule has 11 heteroatoms. The number of amides is 2. The normalized spacial score (nSPS) is 12.1. The molecule has 0 aliphatic carbocycles. The summed E-state index contributed by atoms with van der Waals surface area (Å²) in [5, 5.41) is 2.21. The van der Waals surface area contributed by atoms with Crippen LogP contribution in [0.2, 0.25) is 5.02 Å². The van der Waals surface area contributed by atoms with Gasteiger partial charge in [0, 0.05) is 13.6 Å². The van der Waals surface area contributed by atoms with E-state index in [1.807, 2.05) is 0 Å². The zero-order valence-corrected chi connectivity index (χ0v) is 19.7. The van der Waals surface area contributed by atoms with Gasteiger partial charge in [0.05, 0.1) is 24.1 Å². The molecule has 0 aromatic heterocycles. The lowest BCUT2D eigenvalue weighted by Crippen LogP contribution is -2.50. The zero-order valence-electron chi connectivity index (χ0n) is 18.1. The molecule has 0 spiro atoms. The van der Waals surface area contributed by atoms with E-state index in [9.17, 15) is 22.4 Å². The number of nitrogens with zero attached hydrogens (tertiary/aromatic N) is 2. The van der Waals surface area contributed by atoms with Gasteiger partial charge in [0.25, 0.3) is 0 Å². The van der Waals surface area contributed by atoms with Crippen LogP contribution in [0.1, 0.15) is 12.5 Å². The van der Waals surface area contributed by atoms with Crippen molar-refractivity contribution in [1.29, 1.82) is 0 Å². The molecule has 1 atom stereocenters. The van der Waals surface area contributed by atoms with Crippen LogP contribution in [-0.4, -0.2) is 58.1 Å². The lowest BCUT2D eigenvalue weighted by Gasteiger charge is -2.31. The highest BCUT2D eigenvalue weighted by atomic mass is 35.5. The van der Waals surface area contributed by atoms with E-state index in [0.29, 0.717) is 11.3 Å². The molecule has 0 radical (unpaired) electrons. The first-order chi connectivity index (χ1) is 15.0. The summed E-state index contributed by atoms with van der Waals surface area (Å²) in [6, 6.07) is 9.38. The van der Waals surface area contributed by atoms with Gasteiger partial charge in [0.2, 0.25) is 21.8 Å². The minimum absolute atomic E-state index is 0.0317. The van der Waals surface area contributed by atoms with E-state index in [4.69, 9.17) is 16.3 Å². The molecule has 8 nitrogen and oxygen atoms in total. The second kappa shape index (κ2) is 10.6. The lowest BCUT2D eigenvalue weighted by atomic mass is 10.1. The lowest BCUT2D eigenvalue weighted by molar-refractivity contribution is -0.139. The Hall–Kier alpha value is -2.85. The molecule has 2 rings (SSSR count). The number of methoxy groups -OCH3 is 1. The maximum atomic E-state index is 13.6. The SMILES string of the molecule is CNC(=O)[C@H](C)N(Cc1ccc(OC)cc1)C(=O)CN(c1ccc(F)c(Cl)c1)S(C)(=O)=O. The van der Waals surface area contributed by atoms with Crippen molar-refractivity contribution < 1.29 is 27.1 Å². The number of benzene rings is 2. The summed E-state index contributed by atoms with van der Waals surface area (Å²) < 4.78 is 44.3. The monoisotopic (exact) mass is 485 g/mol. The Kier molecular flexibility index (Phi) is 8.45. The van der Waals surface area contributed by atoms with Crippen LogP contribution in [0.5, 0.6) is 5.75 Å². The van der Waals surface area contributed by atoms with E-state index in [-0.39, 0.29) is 17.3 Å². The van der Waals surface area contributed by atoms with Gasteiger partial charge in [-0.1, -0.05) is 23.7 Å². The van der Waals surface area contributed by atoms with E-state index in [1.165, 1.54) is 25.1 Å². The number of anilines is 1. The molecule has 0 unspecified atom stereocenters. The number of carbonyl (C=O) groups is 2. The summed E-state index contributed by atoms with van der Waals surface area (Å²) in [5.74, 6) is -1.13. The van der Waals surface area contributed by atoms with Gasteiger partial charge in [-0.2, -0.15) is 0 Å². The highest BCUT2D eigenvalue weighted by Gasteiger charge is 2.30. The third kappa shape index (κ3) is 6.33. The van der Waals surface area contributed by atoms with Crippen molar-refractivity contribution in [2.45, 2.75) is 19.5 Å². The highest BCUT2D eigenvalue weighted by Crippen LogP contribution is 2.25. The Bertz CT molecular complexity index is 1080. The predicted octanol–water partition coefficient (Wildman–Crippen LogP) is 2.42. The van der Waals surface area contributed by atoms with Crippen LogP contribution >= 0.6 is 11.6 Å². The molecule has 0 heterocycles. The molecule has 2 aromatic carbocycles. The van der Waals surface area contributed by atoms with Gasteiger partial charge < -0.3 is 15.0 Å². The highest BCUT2D eigenvalue weighted by molar-refractivity contribution is 7.92. The maximum absolute atomic E-state index is 13.6. The Balaban J connectivity index is 2.38. The van der Waals surface area contributed by atoms with Crippen molar-refractivity contribution in [3.8, 4) is 5.75 Å². The maximum Gasteiger partial charge on any atom is 0.244 e. The van der Waals surface area contributed by atoms with Crippen molar-refractivity contribution >= 4 is 39.1 Å². The molecular weight excluding hydrogens is 461 g/mol. The Morgan fingerprint density at radius 3 is 2.31 bits per heavy atom. The van der Waals surface area contributed by atoms with Crippen LogP contribution in [0.15, 0.2) is 42.5 Å². The number of hydrogen-bond donors (Lipinski definition) is 1. The molecule has 0 aliphatic heterocycles. The van der Waals surface area contributed by atoms with Crippen LogP contribution < -0.4 is 14.4 Å². The number of nitrogens with one attached hydrogen (secondary N) is 1. The molecule has 0 fully saturated rings. The fourth-order valence-corrected chi connectivity index (χ4v) is 3.99. The van der Waals surface area contributed by atoms with Gasteiger partial charge in [-0.3, -0.25) is 13.9 Å². The number of halogens is 2. The molecule has 32 heavy (non-hydrogen) atoms. The fraction of sp³-hybridized carbons (Fsp3) is 0.333. The summed E-state index contributed by atoms with van der Waals surface area (Å²) in [7, 11) is -0.951. The second-order valence-corrected chi connectivity index (χ2v) is 9.34. The van der Waals surface area contributed by atoms with E-state index >= 15 is 0 Å². The van der Waals surface area contributed by atoms with E-state index in [0.717, 1.165) is 22.7 Å². The van der Waals surface area contributed by atoms with Crippen LogP contribution in [0, 0.1) is 5.82 Å². The van der Waals surface area contributed by atoms with Gasteiger partial charge in [0.15, 0.2) is 0 Å². The molecule has 0 bridgehead atoms.